The average molecular weight is 362 g/mol. The zero-order valence-corrected chi connectivity index (χ0v) is 15.1. The number of carbonyl (C=O) groups excluding carboxylic acids is 2. The molecule has 0 bridgehead atoms. The van der Waals surface area contributed by atoms with Gasteiger partial charge >= 0.3 is 11.9 Å². The molecule has 0 aromatic heterocycles. The van der Waals surface area contributed by atoms with E-state index in [0.29, 0.717) is 13.2 Å². The van der Waals surface area contributed by atoms with Crippen molar-refractivity contribution in [1.82, 2.24) is 0 Å². The van der Waals surface area contributed by atoms with Gasteiger partial charge in [-0.25, -0.2) is 9.59 Å². The monoisotopic (exact) mass is 362 g/mol. The Morgan fingerprint density at radius 2 is 1.17 bits per heavy atom. The third-order valence-corrected chi connectivity index (χ3v) is 3.33. The van der Waals surface area contributed by atoms with Crippen molar-refractivity contribution >= 4 is 11.9 Å². The van der Waals surface area contributed by atoms with E-state index in [1.54, 1.807) is 24.3 Å². The minimum absolute atomic E-state index is 0. The predicted octanol–water partition coefficient (Wildman–Crippen LogP) is 4.38. The fraction of sp³-hybridized carbons (Fsp3) is 0.556. The van der Waals surface area contributed by atoms with Crippen LogP contribution in [0.1, 0.15) is 73.1 Å². The van der Waals surface area contributed by atoms with Crippen molar-refractivity contribution in [2.75, 3.05) is 13.2 Å². The van der Waals surface area contributed by atoms with Crippen molar-refractivity contribution < 1.29 is 36.1 Å². The molecule has 0 saturated heterocycles. The van der Waals surface area contributed by atoms with Gasteiger partial charge in [-0.15, -0.1) is 0 Å². The minimum atomic E-state index is -0.461. The molecule has 1 aromatic rings. The maximum Gasteiger partial charge on any atom is 0.339 e. The summed E-state index contributed by atoms with van der Waals surface area (Å²) in [5, 5.41) is 0. The van der Waals surface area contributed by atoms with Crippen LogP contribution in [-0.4, -0.2) is 25.2 Å². The van der Waals surface area contributed by atoms with Gasteiger partial charge in [0.15, 0.2) is 0 Å². The van der Waals surface area contributed by atoms with E-state index in [9.17, 15) is 9.59 Å². The average Bonchev–Trinajstić information content (AvgIpc) is 2.55. The van der Waals surface area contributed by atoms with E-state index in [0.717, 1.165) is 38.5 Å². The SMILES string of the molecule is CCCCCOC(=O)c1ccccc1C(=O)OCCCCC.[Fe]. The second-order valence-corrected chi connectivity index (χ2v) is 5.23. The van der Waals surface area contributed by atoms with Gasteiger partial charge in [0, 0.05) is 17.1 Å². The summed E-state index contributed by atoms with van der Waals surface area (Å²) in [5.74, 6) is -0.922. The smallest absolute Gasteiger partial charge is 0.339 e. The van der Waals surface area contributed by atoms with Gasteiger partial charge in [0.25, 0.3) is 0 Å². The van der Waals surface area contributed by atoms with Crippen LogP contribution >= 0.6 is 0 Å². The number of unbranched alkanes of at least 4 members (excludes halogenated alkanes) is 4. The van der Waals surface area contributed by atoms with E-state index in [1.807, 2.05) is 0 Å². The van der Waals surface area contributed by atoms with Gasteiger partial charge in [-0.05, 0) is 25.0 Å². The van der Waals surface area contributed by atoms with Crippen LogP contribution in [0.25, 0.3) is 0 Å². The summed E-state index contributed by atoms with van der Waals surface area (Å²) in [7, 11) is 0. The summed E-state index contributed by atoms with van der Waals surface area (Å²) >= 11 is 0. The largest absolute Gasteiger partial charge is 0.462 e. The molecule has 0 atom stereocenters. The summed E-state index contributed by atoms with van der Waals surface area (Å²) in [6.07, 6.45) is 5.86. The Hall–Kier alpha value is -1.32. The Morgan fingerprint density at radius 3 is 1.52 bits per heavy atom. The quantitative estimate of drug-likeness (QED) is 0.352. The molecule has 0 fully saturated rings. The number of benzene rings is 1. The van der Waals surface area contributed by atoms with Crippen LogP contribution in [0.5, 0.6) is 0 Å². The summed E-state index contributed by atoms with van der Waals surface area (Å²) in [6, 6.07) is 6.64. The molecular formula is C18H26FeO4. The van der Waals surface area contributed by atoms with E-state index < -0.39 is 11.9 Å². The second kappa shape index (κ2) is 13.1. The first kappa shape index (κ1) is 21.7. The maximum atomic E-state index is 12.1. The van der Waals surface area contributed by atoms with E-state index >= 15 is 0 Å². The summed E-state index contributed by atoms with van der Waals surface area (Å²) in [6.45, 7) is 4.94. The van der Waals surface area contributed by atoms with Crippen LogP contribution in [0.4, 0.5) is 0 Å². The number of esters is 2. The molecule has 0 aliphatic rings. The van der Waals surface area contributed by atoms with Crippen LogP contribution in [0.15, 0.2) is 24.3 Å². The van der Waals surface area contributed by atoms with Gasteiger partial charge in [-0.2, -0.15) is 0 Å². The fourth-order valence-corrected chi connectivity index (χ4v) is 2.03. The topological polar surface area (TPSA) is 52.6 Å². The molecule has 130 valence electrons. The Kier molecular flexibility index (Phi) is 12.4. The summed E-state index contributed by atoms with van der Waals surface area (Å²) < 4.78 is 10.4. The molecule has 1 aromatic carbocycles. The predicted molar refractivity (Wildman–Crippen MR) is 86.1 cm³/mol. The van der Waals surface area contributed by atoms with Gasteiger partial charge in [0.1, 0.15) is 0 Å². The standard InChI is InChI=1S/C18H26O4.Fe/c1-3-5-9-13-21-17(19)15-11-7-8-12-16(15)18(20)22-14-10-6-4-2;/h7-8,11-12H,3-6,9-10,13-14H2,1-2H3;. The second-order valence-electron chi connectivity index (χ2n) is 5.23. The van der Waals surface area contributed by atoms with Crippen molar-refractivity contribution in [3.8, 4) is 0 Å². The first-order valence-corrected chi connectivity index (χ1v) is 8.14. The zero-order chi connectivity index (χ0) is 16.2. The van der Waals surface area contributed by atoms with Crippen LogP contribution in [0.3, 0.4) is 0 Å². The Labute approximate surface area is 149 Å². The first-order valence-electron chi connectivity index (χ1n) is 8.14. The van der Waals surface area contributed by atoms with Crippen molar-refractivity contribution in [3.63, 3.8) is 0 Å². The number of hydrogen-bond acceptors (Lipinski definition) is 4. The van der Waals surface area contributed by atoms with Crippen molar-refractivity contribution in [3.05, 3.63) is 35.4 Å². The molecule has 0 heterocycles. The molecule has 0 spiro atoms. The molecule has 4 nitrogen and oxygen atoms in total. The number of rotatable bonds is 10. The van der Waals surface area contributed by atoms with E-state index in [2.05, 4.69) is 13.8 Å². The van der Waals surface area contributed by atoms with Crippen LogP contribution < -0.4 is 0 Å². The Morgan fingerprint density at radius 1 is 0.783 bits per heavy atom. The number of carbonyl (C=O) groups is 2. The number of ether oxygens (including phenoxy) is 2. The maximum absolute atomic E-state index is 12.1. The molecule has 5 heteroatoms. The first-order chi connectivity index (χ1) is 10.7. The molecule has 0 unspecified atom stereocenters. The third-order valence-electron chi connectivity index (χ3n) is 3.33. The summed E-state index contributed by atoms with van der Waals surface area (Å²) in [4.78, 5) is 24.2. The number of hydrogen-bond donors (Lipinski definition) is 0. The molecular weight excluding hydrogens is 336 g/mol. The minimum Gasteiger partial charge on any atom is -0.462 e. The van der Waals surface area contributed by atoms with Gasteiger partial charge in [-0.3, -0.25) is 0 Å². The van der Waals surface area contributed by atoms with E-state index in [-0.39, 0.29) is 28.2 Å². The molecule has 0 N–H and O–H groups in total. The Bertz CT molecular complexity index is 431. The van der Waals surface area contributed by atoms with Crippen molar-refractivity contribution in [1.29, 1.82) is 0 Å². The Balaban J connectivity index is 0.00000484. The van der Waals surface area contributed by atoms with Gasteiger partial charge in [-0.1, -0.05) is 51.7 Å². The molecule has 1 rings (SSSR count). The molecule has 23 heavy (non-hydrogen) atoms. The molecule has 0 amide bonds. The normalized spacial score (nSPS) is 9.83. The van der Waals surface area contributed by atoms with Gasteiger partial charge < -0.3 is 9.47 Å². The van der Waals surface area contributed by atoms with Crippen molar-refractivity contribution in [2.24, 2.45) is 0 Å². The zero-order valence-electron chi connectivity index (χ0n) is 14.0. The molecule has 0 aliphatic carbocycles. The molecule has 0 aliphatic heterocycles. The van der Waals surface area contributed by atoms with Gasteiger partial charge in [0.2, 0.25) is 0 Å². The van der Waals surface area contributed by atoms with Crippen LogP contribution in [0, 0.1) is 0 Å². The van der Waals surface area contributed by atoms with Crippen LogP contribution in [-0.2, 0) is 26.5 Å². The summed E-state index contributed by atoms with van der Waals surface area (Å²) in [5.41, 5.74) is 0.555. The van der Waals surface area contributed by atoms with E-state index in [4.69, 9.17) is 9.47 Å². The molecule has 0 radical (unpaired) electrons. The fourth-order valence-electron chi connectivity index (χ4n) is 2.03. The van der Waals surface area contributed by atoms with Gasteiger partial charge in [0.05, 0.1) is 24.3 Å². The van der Waals surface area contributed by atoms with E-state index in [1.165, 1.54) is 0 Å². The molecule has 0 saturated carbocycles. The van der Waals surface area contributed by atoms with Crippen LogP contribution in [0.2, 0.25) is 0 Å². The van der Waals surface area contributed by atoms with Crippen molar-refractivity contribution in [2.45, 2.75) is 52.4 Å². The third kappa shape index (κ3) is 8.19.